The number of para-hydroxylation sites is 1. The number of hydrogen-bond donors (Lipinski definition) is 1. The molecule has 0 bridgehead atoms. The first-order chi connectivity index (χ1) is 10.4. The maximum atomic E-state index is 11.7. The van der Waals surface area contributed by atoms with Crippen molar-refractivity contribution >= 4 is 22.7 Å². The largest absolute Gasteiger partial charge is 0.458 e. The van der Waals surface area contributed by atoms with Crippen molar-refractivity contribution in [2.45, 2.75) is 40.0 Å². The van der Waals surface area contributed by atoms with E-state index in [-0.39, 0.29) is 18.4 Å². The smallest absolute Gasteiger partial charge is 0.306 e. The lowest BCUT2D eigenvalue weighted by molar-refractivity contribution is -0.150. The monoisotopic (exact) mass is 301 g/mol. The SMILES string of the molecule is CC(C)(C)C(=O)COC(=O)CCCc1c[nH]c2ccccc12. The van der Waals surface area contributed by atoms with E-state index in [4.69, 9.17) is 4.74 Å². The van der Waals surface area contributed by atoms with Gasteiger partial charge in [0.1, 0.15) is 0 Å². The molecule has 1 N–H and O–H groups in total. The van der Waals surface area contributed by atoms with Crippen LogP contribution >= 0.6 is 0 Å². The summed E-state index contributed by atoms with van der Waals surface area (Å²) in [5.41, 5.74) is 1.84. The highest BCUT2D eigenvalue weighted by Crippen LogP contribution is 2.19. The highest BCUT2D eigenvalue weighted by molar-refractivity contribution is 5.86. The van der Waals surface area contributed by atoms with Crippen LogP contribution in [0.5, 0.6) is 0 Å². The highest BCUT2D eigenvalue weighted by Gasteiger charge is 2.22. The van der Waals surface area contributed by atoms with Crippen LogP contribution in [0.15, 0.2) is 30.5 Å². The molecule has 4 heteroatoms. The first-order valence-electron chi connectivity index (χ1n) is 7.62. The quantitative estimate of drug-likeness (QED) is 0.828. The Bertz CT molecular complexity index is 664. The molecule has 0 atom stereocenters. The maximum Gasteiger partial charge on any atom is 0.306 e. The number of aromatic nitrogens is 1. The number of ketones is 1. The summed E-state index contributed by atoms with van der Waals surface area (Å²) in [6, 6.07) is 8.10. The fourth-order valence-electron chi connectivity index (χ4n) is 2.20. The average molecular weight is 301 g/mol. The molecule has 0 radical (unpaired) electrons. The number of carbonyl (C=O) groups excluding carboxylic acids is 2. The number of carbonyl (C=O) groups is 2. The van der Waals surface area contributed by atoms with Crippen LogP contribution in [0.3, 0.4) is 0 Å². The number of rotatable bonds is 6. The Labute approximate surface area is 130 Å². The van der Waals surface area contributed by atoms with E-state index in [9.17, 15) is 9.59 Å². The van der Waals surface area contributed by atoms with E-state index >= 15 is 0 Å². The van der Waals surface area contributed by atoms with Gasteiger partial charge in [-0.2, -0.15) is 0 Å². The van der Waals surface area contributed by atoms with Gasteiger partial charge in [-0.25, -0.2) is 0 Å². The summed E-state index contributed by atoms with van der Waals surface area (Å²) >= 11 is 0. The van der Waals surface area contributed by atoms with E-state index in [0.717, 1.165) is 11.9 Å². The Morgan fingerprint density at radius 2 is 1.91 bits per heavy atom. The van der Waals surface area contributed by atoms with E-state index in [2.05, 4.69) is 11.1 Å². The Morgan fingerprint density at radius 3 is 2.64 bits per heavy atom. The fraction of sp³-hybridized carbons (Fsp3) is 0.444. The van der Waals surface area contributed by atoms with Crippen LogP contribution in [-0.2, 0) is 20.7 Å². The Hall–Kier alpha value is -2.10. The summed E-state index contributed by atoms with van der Waals surface area (Å²) in [6.07, 6.45) is 3.84. The fourth-order valence-corrected chi connectivity index (χ4v) is 2.20. The van der Waals surface area contributed by atoms with Crippen molar-refractivity contribution in [3.63, 3.8) is 0 Å². The summed E-state index contributed by atoms with van der Waals surface area (Å²) in [6.45, 7) is 5.33. The average Bonchev–Trinajstić information content (AvgIpc) is 2.87. The van der Waals surface area contributed by atoms with Gasteiger partial charge in [0.15, 0.2) is 12.4 Å². The van der Waals surface area contributed by atoms with E-state index < -0.39 is 5.41 Å². The zero-order valence-electron chi connectivity index (χ0n) is 13.4. The second-order valence-electron chi connectivity index (χ2n) is 6.55. The number of fused-ring (bicyclic) bond motifs is 1. The zero-order valence-corrected chi connectivity index (χ0v) is 13.4. The lowest BCUT2D eigenvalue weighted by atomic mass is 9.91. The third-order valence-corrected chi connectivity index (χ3v) is 3.70. The second-order valence-corrected chi connectivity index (χ2v) is 6.55. The van der Waals surface area contributed by atoms with Crippen LogP contribution in [0.25, 0.3) is 10.9 Å². The van der Waals surface area contributed by atoms with Crippen molar-refractivity contribution in [1.29, 1.82) is 0 Å². The molecule has 0 aliphatic rings. The van der Waals surface area contributed by atoms with Crippen LogP contribution < -0.4 is 0 Å². The molecule has 0 unspecified atom stereocenters. The van der Waals surface area contributed by atoms with Gasteiger partial charge in [-0.05, 0) is 24.5 Å². The maximum absolute atomic E-state index is 11.7. The molecule has 0 saturated carbocycles. The molecule has 0 spiro atoms. The molecule has 4 nitrogen and oxygen atoms in total. The number of esters is 1. The minimum Gasteiger partial charge on any atom is -0.458 e. The van der Waals surface area contributed by atoms with Crippen molar-refractivity contribution in [2.75, 3.05) is 6.61 Å². The summed E-state index contributed by atoms with van der Waals surface area (Å²) < 4.78 is 5.04. The third kappa shape index (κ3) is 4.20. The first kappa shape index (κ1) is 16.3. The van der Waals surface area contributed by atoms with E-state index in [1.807, 2.05) is 45.2 Å². The molecule has 118 valence electrons. The molecule has 0 aliphatic carbocycles. The number of aromatic amines is 1. The Morgan fingerprint density at radius 1 is 1.18 bits per heavy atom. The van der Waals surface area contributed by atoms with Crippen LogP contribution in [0.4, 0.5) is 0 Å². The standard InChI is InChI=1S/C18H23NO3/c1-18(2,3)16(20)12-22-17(21)10-6-7-13-11-19-15-9-5-4-8-14(13)15/h4-5,8-9,11,19H,6-7,10,12H2,1-3H3. The van der Waals surface area contributed by atoms with Gasteiger partial charge in [-0.15, -0.1) is 0 Å². The van der Waals surface area contributed by atoms with Gasteiger partial charge in [-0.1, -0.05) is 39.0 Å². The minimum atomic E-state index is -0.468. The van der Waals surface area contributed by atoms with Gasteiger partial charge in [0.05, 0.1) is 0 Å². The van der Waals surface area contributed by atoms with Gasteiger partial charge in [0, 0.05) is 28.9 Å². The molecule has 1 aromatic heterocycles. The molecule has 1 heterocycles. The van der Waals surface area contributed by atoms with Gasteiger partial charge >= 0.3 is 5.97 Å². The van der Waals surface area contributed by atoms with Gasteiger partial charge in [0.25, 0.3) is 0 Å². The molecular weight excluding hydrogens is 278 g/mol. The summed E-state index contributed by atoms with van der Waals surface area (Å²) in [5.74, 6) is -0.366. The van der Waals surface area contributed by atoms with Gasteiger partial charge in [-0.3, -0.25) is 9.59 Å². The highest BCUT2D eigenvalue weighted by atomic mass is 16.5. The number of aryl methyl sites for hydroxylation is 1. The van der Waals surface area contributed by atoms with Crippen LogP contribution in [0, 0.1) is 5.41 Å². The molecule has 2 aromatic rings. The summed E-state index contributed by atoms with van der Waals surface area (Å²) in [7, 11) is 0. The van der Waals surface area contributed by atoms with Crippen molar-refractivity contribution < 1.29 is 14.3 Å². The topological polar surface area (TPSA) is 59.2 Å². The van der Waals surface area contributed by atoms with Crippen molar-refractivity contribution in [3.8, 4) is 0 Å². The lowest BCUT2D eigenvalue weighted by Gasteiger charge is -2.16. The molecule has 0 aliphatic heterocycles. The molecule has 0 saturated heterocycles. The number of nitrogens with one attached hydrogen (secondary N) is 1. The molecule has 1 aromatic carbocycles. The van der Waals surface area contributed by atoms with E-state index in [1.165, 1.54) is 10.9 Å². The van der Waals surface area contributed by atoms with Crippen LogP contribution in [-0.4, -0.2) is 23.3 Å². The normalized spacial score (nSPS) is 11.6. The third-order valence-electron chi connectivity index (χ3n) is 3.70. The first-order valence-corrected chi connectivity index (χ1v) is 7.62. The van der Waals surface area contributed by atoms with Crippen molar-refractivity contribution in [1.82, 2.24) is 4.98 Å². The van der Waals surface area contributed by atoms with E-state index in [1.54, 1.807) is 0 Å². The second kappa shape index (κ2) is 6.77. The zero-order chi connectivity index (χ0) is 16.2. The molecule has 22 heavy (non-hydrogen) atoms. The number of ether oxygens (including phenoxy) is 1. The molecule has 0 amide bonds. The number of benzene rings is 1. The van der Waals surface area contributed by atoms with Crippen LogP contribution in [0.2, 0.25) is 0 Å². The van der Waals surface area contributed by atoms with E-state index in [0.29, 0.717) is 12.8 Å². The predicted molar refractivity (Wildman–Crippen MR) is 86.7 cm³/mol. The predicted octanol–water partition coefficient (Wildman–Crippen LogP) is 3.65. The molecule has 0 fully saturated rings. The van der Waals surface area contributed by atoms with Gasteiger partial charge < -0.3 is 9.72 Å². The van der Waals surface area contributed by atoms with Crippen molar-refractivity contribution in [3.05, 3.63) is 36.0 Å². The van der Waals surface area contributed by atoms with Crippen LogP contribution in [0.1, 0.15) is 39.2 Å². The lowest BCUT2D eigenvalue weighted by Crippen LogP contribution is -2.26. The number of hydrogen-bond acceptors (Lipinski definition) is 3. The number of H-pyrrole nitrogens is 1. The summed E-state index contributed by atoms with van der Waals surface area (Å²) in [4.78, 5) is 26.6. The van der Waals surface area contributed by atoms with Crippen molar-refractivity contribution in [2.24, 2.45) is 5.41 Å². The molecule has 2 rings (SSSR count). The Balaban J connectivity index is 1.77. The minimum absolute atomic E-state index is 0.0579. The Kier molecular flexibility index (Phi) is 5.01. The van der Waals surface area contributed by atoms with Gasteiger partial charge in [0.2, 0.25) is 0 Å². The molecular formula is C18H23NO3. The summed E-state index contributed by atoms with van der Waals surface area (Å²) in [5, 5.41) is 1.19. The number of Topliss-reactive ketones (excluding diaryl/α,β-unsaturated/α-hetero) is 1.